The van der Waals surface area contributed by atoms with Crippen molar-refractivity contribution in [3.63, 3.8) is 0 Å². The molecule has 0 spiro atoms. The highest BCUT2D eigenvalue weighted by Gasteiger charge is 2.06. The normalized spacial score (nSPS) is 11.0. The fourth-order valence-electron chi connectivity index (χ4n) is 2.46. The molecule has 0 aromatic heterocycles. The lowest BCUT2D eigenvalue weighted by molar-refractivity contribution is 0.0429. The molecular weight excluding hydrogens is 288 g/mol. The Morgan fingerprint density at radius 3 is 2.48 bits per heavy atom. The molecule has 0 saturated heterocycles. The maximum Gasteiger partial charge on any atom is 0.188 e. The monoisotopic (exact) mass is 314 g/mol. The lowest BCUT2D eigenvalue weighted by Crippen LogP contribution is -2.13. The third kappa shape index (κ3) is 6.12. The Morgan fingerprint density at radius 2 is 1.65 bits per heavy atom. The summed E-state index contributed by atoms with van der Waals surface area (Å²) in [5, 5.41) is 2.22. The van der Waals surface area contributed by atoms with E-state index in [1.807, 2.05) is 42.5 Å². The third-order valence-electron chi connectivity index (χ3n) is 3.82. The van der Waals surface area contributed by atoms with Crippen molar-refractivity contribution in [2.24, 2.45) is 0 Å². The van der Waals surface area contributed by atoms with E-state index in [0.29, 0.717) is 18.8 Å². The second-order valence-corrected chi connectivity index (χ2v) is 5.71. The summed E-state index contributed by atoms with van der Waals surface area (Å²) in [6, 6.07) is 13.8. The van der Waals surface area contributed by atoms with E-state index in [1.165, 1.54) is 19.3 Å². The number of hydrogen-bond donors (Lipinski definition) is 0. The summed E-state index contributed by atoms with van der Waals surface area (Å²) in [5.74, 6) is 0.0127. The molecule has 3 heteroatoms. The van der Waals surface area contributed by atoms with E-state index in [0.717, 1.165) is 23.8 Å². The smallest absolute Gasteiger partial charge is 0.188 e. The first kappa shape index (κ1) is 17.6. The molecule has 0 N–H and O–H groups in total. The molecule has 0 heterocycles. The van der Waals surface area contributed by atoms with Crippen molar-refractivity contribution >= 4 is 16.6 Å². The number of hydrogen-bond acceptors (Lipinski definition) is 3. The van der Waals surface area contributed by atoms with Gasteiger partial charge in [-0.2, -0.15) is 0 Å². The largest absolute Gasteiger partial charge is 0.379 e. The SMILES string of the molecule is CCCCCCOCCOCC(=O)c1ccc2ccccc2c1. The van der Waals surface area contributed by atoms with Crippen molar-refractivity contribution in [3.8, 4) is 0 Å². The Morgan fingerprint density at radius 1 is 0.870 bits per heavy atom. The van der Waals surface area contributed by atoms with Crippen molar-refractivity contribution in [1.82, 2.24) is 0 Å². The summed E-state index contributed by atoms with van der Waals surface area (Å²) in [6.07, 6.45) is 4.82. The summed E-state index contributed by atoms with van der Waals surface area (Å²) in [7, 11) is 0. The lowest BCUT2D eigenvalue weighted by atomic mass is 10.0. The molecule has 0 atom stereocenters. The van der Waals surface area contributed by atoms with Gasteiger partial charge in [0.25, 0.3) is 0 Å². The van der Waals surface area contributed by atoms with Gasteiger partial charge in [-0.3, -0.25) is 4.79 Å². The zero-order valence-corrected chi connectivity index (χ0v) is 13.9. The predicted octanol–water partition coefficient (Wildman–Crippen LogP) is 4.64. The van der Waals surface area contributed by atoms with E-state index in [1.54, 1.807) is 0 Å². The Labute approximate surface area is 138 Å². The second-order valence-electron chi connectivity index (χ2n) is 5.71. The van der Waals surface area contributed by atoms with Crippen LogP contribution in [0.3, 0.4) is 0 Å². The van der Waals surface area contributed by atoms with Crippen LogP contribution in [0.2, 0.25) is 0 Å². The lowest BCUT2D eigenvalue weighted by Gasteiger charge is -2.06. The summed E-state index contributed by atoms with van der Waals surface area (Å²) in [6.45, 7) is 4.10. The first-order chi connectivity index (χ1) is 11.3. The van der Waals surface area contributed by atoms with Gasteiger partial charge in [0, 0.05) is 12.2 Å². The van der Waals surface area contributed by atoms with Crippen LogP contribution in [0.5, 0.6) is 0 Å². The quantitative estimate of drug-likeness (QED) is 0.448. The Bertz CT molecular complexity index is 607. The van der Waals surface area contributed by atoms with Crippen molar-refractivity contribution < 1.29 is 14.3 Å². The van der Waals surface area contributed by atoms with Crippen LogP contribution < -0.4 is 0 Å². The van der Waals surface area contributed by atoms with Crippen molar-refractivity contribution in [3.05, 3.63) is 48.0 Å². The van der Waals surface area contributed by atoms with Gasteiger partial charge < -0.3 is 9.47 Å². The molecule has 0 bridgehead atoms. The van der Waals surface area contributed by atoms with E-state index >= 15 is 0 Å². The van der Waals surface area contributed by atoms with Gasteiger partial charge in [0.2, 0.25) is 0 Å². The molecule has 2 aromatic carbocycles. The number of unbranched alkanes of at least 4 members (excludes halogenated alkanes) is 3. The van der Waals surface area contributed by atoms with E-state index in [-0.39, 0.29) is 12.4 Å². The Balaban J connectivity index is 1.64. The van der Waals surface area contributed by atoms with Gasteiger partial charge >= 0.3 is 0 Å². The highest BCUT2D eigenvalue weighted by molar-refractivity contribution is 6.00. The first-order valence-electron chi connectivity index (χ1n) is 8.48. The van der Waals surface area contributed by atoms with Gasteiger partial charge in [-0.05, 0) is 23.3 Å². The average Bonchev–Trinajstić information content (AvgIpc) is 2.59. The van der Waals surface area contributed by atoms with E-state index < -0.39 is 0 Å². The van der Waals surface area contributed by atoms with E-state index in [4.69, 9.17) is 9.47 Å². The van der Waals surface area contributed by atoms with Crippen LogP contribution in [0.1, 0.15) is 43.0 Å². The van der Waals surface area contributed by atoms with Crippen LogP contribution in [0, 0.1) is 0 Å². The first-order valence-corrected chi connectivity index (χ1v) is 8.48. The van der Waals surface area contributed by atoms with Crippen LogP contribution in [-0.4, -0.2) is 32.2 Å². The summed E-state index contributed by atoms with van der Waals surface area (Å²) < 4.78 is 10.9. The van der Waals surface area contributed by atoms with Crippen LogP contribution in [0.25, 0.3) is 10.8 Å². The average molecular weight is 314 g/mol. The number of benzene rings is 2. The zero-order chi connectivity index (χ0) is 16.3. The Kier molecular flexibility index (Phi) is 7.78. The van der Waals surface area contributed by atoms with Gasteiger partial charge in [0.15, 0.2) is 5.78 Å². The fraction of sp³-hybridized carbons (Fsp3) is 0.450. The molecule has 2 aromatic rings. The van der Waals surface area contributed by atoms with Gasteiger partial charge in [-0.1, -0.05) is 62.6 Å². The van der Waals surface area contributed by atoms with E-state index in [9.17, 15) is 4.79 Å². The van der Waals surface area contributed by atoms with Crippen molar-refractivity contribution in [2.45, 2.75) is 32.6 Å². The molecule has 0 unspecified atom stereocenters. The molecule has 3 nitrogen and oxygen atoms in total. The minimum absolute atomic E-state index is 0.0127. The maximum atomic E-state index is 12.1. The number of ketones is 1. The minimum Gasteiger partial charge on any atom is -0.379 e. The topological polar surface area (TPSA) is 35.5 Å². The molecule has 2 rings (SSSR count). The number of Topliss-reactive ketones (excluding diaryl/α,β-unsaturated/α-hetero) is 1. The van der Waals surface area contributed by atoms with E-state index in [2.05, 4.69) is 6.92 Å². The number of fused-ring (bicyclic) bond motifs is 1. The highest BCUT2D eigenvalue weighted by atomic mass is 16.5. The highest BCUT2D eigenvalue weighted by Crippen LogP contribution is 2.16. The molecule has 0 aliphatic rings. The Hall–Kier alpha value is -1.71. The molecule has 124 valence electrons. The molecule has 23 heavy (non-hydrogen) atoms. The number of rotatable bonds is 11. The predicted molar refractivity (Wildman–Crippen MR) is 94.1 cm³/mol. The fourth-order valence-corrected chi connectivity index (χ4v) is 2.46. The zero-order valence-electron chi connectivity index (χ0n) is 13.9. The van der Waals surface area contributed by atoms with Crippen LogP contribution in [0.4, 0.5) is 0 Å². The molecular formula is C20H26O3. The van der Waals surface area contributed by atoms with Crippen molar-refractivity contribution in [2.75, 3.05) is 26.4 Å². The molecule has 0 aliphatic heterocycles. The third-order valence-corrected chi connectivity index (χ3v) is 3.82. The van der Waals surface area contributed by atoms with Gasteiger partial charge in [0.05, 0.1) is 13.2 Å². The van der Waals surface area contributed by atoms with Crippen LogP contribution in [-0.2, 0) is 9.47 Å². The van der Waals surface area contributed by atoms with Crippen LogP contribution >= 0.6 is 0 Å². The van der Waals surface area contributed by atoms with Gasteiger partial charge in [0.1, 0.15) is 6.61 Å². The van der Waals surface area contributed by atoms with Gasteiger partial charge in [-0.25, -0.2) is 0 Å². The molecule has 0 radical (unpaired) electrons. The molecule has 0 amide bonds. The standard InChI is InChI=1S/C20H26O3/c1-2-3-4-7-12-22-13-14-23-16-20(21)19-11-10-17-8-5-6-9-18(17)15-19/h5-6,8-11,15H,2-4,7,12-14,16H2,1H3. The van der Waals surface area contributed by atoms with Crippen molar-refractivity contribution in [1.29, 1.82) is 0 Å². The number of carbonyl (C=O) groups is 1. The molecule has 0 aliphatic carbocycles. The summed E-state index contributed by atoms with van der Waals surface area (Å²) in [4.78, 5) is 12.1. The summed E-state index contributed by atoms with van der Waals surface area (Å²) in [5.41, 5.74) is 0.698. The molecule has 0 saturated carbocycles. The maximum absolute atomic E-state index is 12.1. The summed E-state index contributed by atoms with van der Waals surface area (Å²) >= 11 is 0. The molecule has 0 fully saturated rings. The number of carbonyl (C=O) groups excluding carboxylic acids is 1. The second kappa shape index (κ2) is 10.1. The van der Waals surface area contributed by atoms with Gasteiger partial charge in [-0.15, -0.1) is 0 Å². The number of ether oxygens (including phenoxy) is 2. The van der Waals surface area contributed by atoms with Crippen LogP contribution in [0.15, 0.2) is 42.5 Å². The minimum atomic E-state index is 0.0127.